The number of anilines is 1. The summed E-state index contributed by atoms with van der Waals surface area (Å²) in [5.74, 6) is 0.670. The molecular weight excluding hydrogens is 402 g/mol. The maximum atomic E-state index is 5.25. The lowest BCUT2D eigenvalue weighted by Crippen LogP contribution is -2.32. The first-order chi connectivity index (χ1) is 15.2. The second-order valence-electron chi connectivity index (χ2n) is 7.06. The van der Waals surface area contributed by atoms with Gasteiger partial charge in [0.05, 0.1) is 5.69 Å². The van der Waals surface area contributed by atoms with Gasteiger partial charge in [0, 0.05) is 18.2 Å². The van der Waals surface area contributed by atoms with Gasteiger partial charge in [-0.3, -0.25) is 5.43 Å². The molecule has 3 aromatic carbocycles. The minimum Gasteiger partial charge on any atom is -0.364 e. The zero-order chi connectivity index (χ0) is 21.6. The maximum Gasteiger partial charge on any atom is 0.186 e. The van der Waals surface area contributed by atoms with Crippen LogP contribution in [-0.4, -0.2) is 23.7 Å². The van der Waals surface area contributed by atoms with Gasteiger partial charge < -0.3 is 5.32 Å². The first kappa shape index (κ1) is 20.5. The molecule has 4 rings (SSSR count). The summed E-state index contributed by atoms with van der Waals surface area (Å²) < 4.78 is 0. The number of para-hydroxylation sites is 1. The summed E-state index contributed by atoms with van der Waals surface area (Å²) in [7, 11) is 1.76. The fraction of sp³-hybridized carbons (Fsp3) is 0.0800. The first-order valence-corrected chi connectivity index (χ1v) is 10.4. The van der Waals surface area contributed by atoms with Crippen LogP contribution in [0.4, 0.5) is 5.69 Å². The van der Waals surface area contributed by atoms with E-state index in [1.807, 2.05) is 53.5 Å². The zero-order valence-electron chi connectivity index (χ0n) is 17.4. The van der Waals surface area contributed by atoms with Gasteiger partial charge in [-0.05, 0) is 42.9 Å². The molecule has 0 unspecified atom stereocenters. The number of nitrogens with zero attached hydrogens (tertiary/aromatic N) is 3. The highest BCUT2D eigenvalue weighted by molar-refractivity contribution is 7.80. The third-order valence-corrected chi connectivity index (χ3v) is 5.12. The van der Waals surface area contributed by atoms with Gasteiger partial charge >= 0.3 is 0 Å². The summed E-state index contributed by atoms with van der Waals surface area (Å²) in [6, 6.07) is 28.5. The molecule has 0 bridgehead atoms. The number of amidine groups is 1. The number of benzene rings is 3. The third-order valence-electron chi connectivity index (χ3n) is 4.82. The smallest absolute Gasteiger partial charge is 0.186 e. The van der Waals surface area contributed by atoms with E-state index in [0.717, 1.165) is 28.1 Å². The molecular formula is C25H23N5S. The minimum absolute atomic E-state index is 0.434. The van der Waals surface area contributed by atoms with Crippen LogP contribution in [-0.2, 0) is 0 Å². The molecule has 0 aliphatic carbocycles. The van der Waals surface area contributed by atoms with Crippen molar-refractivity contribution >= 4 is 40.6 Å². The zero-order valence-corrected chi connectivity index (χ0v) is 18.2. The van der Waals surface area contributed by atoms with E-state index in [9.17, 15) is 0 Å². The highest BCUT2D eigenvalue weighted by Gasteiger charge is 2.30. The number of thiocarbonyl (C=S) groups is 1. The Balaban J connectivity index is 1.88. The van der Waals surface area contributed by atoms with E-state index < -0.39 is 0 Å². The molecule has 0 atom stereocenters. The molecule has 0 spiro atoms. The Morgan fingerprint density at radius 3 is 2.23 bits per heavy atom. The van der Waals surface area contributed by atoms with Gasteiger partial charge in [-0.1, -0.05) is 78.4 Å². The Morgan fingerprint density at radius 2 is 1.58 bits per heavy atom. The van der Waals surface area contributed by atoms with Gasteiger partial charge in [0.2, 0.25) is 0 Å². The SMILES string of the molecule is CNC(=S)NN=C1C(=Cc2ccc(C)cc2)C(c2ccccc2)=NN1c1ccccc1. The van der Waals surface area contributed by atoms with E-state index in [4.69, 9.17) is 17.3 Å². The van der Waals surface area contributed by atoms with Crippen molar-refractivity contribution in [2.75, 3.05) is 12.1 Å². The van der Waals surface area contributed by atoms with Crippen LogP contribution in [0.15, 0.2) is 101 Å². The van der Waals surface area contributed by atoms with Gasteiger partial charge in [-0.2, -0.15) is 10.2 Å². The van der Waals surface area contributed by atoms with Gasteiger partial charge in [-0.25, -0.2) is 5.01 Å². The van der Waals surface area contributed by atoms with Crippen LogP contribution in [0.3, 0.4) is 0 Å². The molecule has 0 fully saturated rings. The monoisotopic (exact) mass is 425 g/mol. The Kier molecular flexibility index (Phi) is 6.19. The van der Waals surface area contributed by atoms with Crippen molar-refractivity contribution in [3.05, 3.63) is 107 Å². The largest absolute Gasteiger partial charge is 0.364 e. The normalized spacial score (nSPS) is 15.8. The highest BCUT2D eigenvalue weighted by Crippen LogP contribution is 2.28. The Morgan fingerprint density at radius 1 is 0.935 bits per heavy atom. The summed E-state index contributed by atoms with van der Waals surface area (Å²) in [5, 5.41) is 14.8. The molecule has 2 N–H and O–H groups in total. The van der Waals surface area contributed by atoms with Crippen molar-refractivity contribution < 1.29 is 0 Å². The summed E-state index contributed by atoms with van der Waals surface area (Å²) in [4.78, 5) is 0. The van der Waals surface area contributed by atoms with E-state index in [-0.39, 0.29) is 0 Å². The first-order valence-electron chi connectivity index (χ1n) is 9.99. The highest BCUT2D eigenvalue weighted by atomic mass is 32.1. The molecule has 0 aromatic heterocycles. The Labute approximate surface area is 187 Å². The topological polar surface area (TPSA) is 52.0 Å². The molecule has 0 amide bonds. The van der Waals surface area contributed by atoms with Crippen LogP contribution >= 0.6 is 12.2 Å². The number of aryl methyl sites for hydroxylation is 1. The molecule has 1 aliphatic heterocycles. The molecule has 3 aromatic rings. The predicted molar refractivity (Wildman–Crippen MR) is 133 cm³/mol. The second kappa shape index (κ2) is 9.36. The van der Waals surface area contributed by atoms with Gasteiger partial charge in [-0.15, -0.1) is 0 Å². The number of hydrazone groups is 2. The molecule has 1 heterocycles. The number of rotatable bonds is 4. The molecule has 154 valence electrons. The van der Waals surface area contributed by atoms with E-state index in [1.165, 1.54) is 5.56 Å². The van der Waals surface area contributed by atoms with E-state index in [2.05, 4.69) is 65.2 Å². The molecule has 0 saturated heterocycles. The van der Waals surface area contributed by atoms with Crippen LogP contribution in [0.2, 0.25) is 0 Å². The summed E-state index contributed by atoms with van der Waals surface area (Å²) >= 11 is 5.25. The van der Waals surface area contributed by atoms with E-state index >= 15 is 0 Å². The molecule has 5 nitrogen and oxygen atoms in total. The average Bonchev–Trinajstić information content (AvgIpc) is 3.18. The van der Waals surface area contributed by atoms with Crippen molar-refractivity contribution in [3.63, 3.8) is 0 Å². The van der Waals surface area contributed by atoms with Crippen molar-refractivity contribution in [3.8, 4) is 0 Å². The van der Waals surface area contributed by atoms with Crippen LogP contribution in [0, 0.1) is 6.92 Å². The molecule has 6 heteroatoms. The minimum atomic E-state index is 0.434. The van der Waals surface area contributed by atoms with Crippen LogP contribution in [0.5, 0.6) is 0 Å². The summed E-state index contributed by atoms with van der Waals surface area (Å²) in [6.45, 7) is 2.08. The Hall–Kier alpha value is -3.77. The fourth-order valence-electron chi connectivity index (χ4n) is 3.21. The quantitative estimate of drug-likeness (QED) is 0.470. The summed E-state index contributed by atoms with van der Waals surface area (Å²) in [5.41, 5.74) is 8.90. The van der Waals surface area contributed by atoms with Crippen LogP contribution < -0.4 is 15.8 Å². The van der Waals surface area contributed by atoms with Crippen molar-refractivity contribution in [2.24, 2.45) is 10.2 Å². The number of hydrogen-bond donors (Lipinski definition) is 2. The van der Waals surface area contributed by atoms with Crippen molar-refractivity contribution in [2.45, 2.75) is 6.92 Å². The number of nitrogens with one attached hydrogen (secondary N) is 2. The van der Waals surface area contributed by atoms with Gasteiger partial charge in [0.15, 0.2) is 10.9 Å². The molecule has 31 heavy (non-hydrogen) atoms. The standard InChI is InChI=1S/C25H23N5S/c1-18-13-15-19(16-14-18)17-22-23(20-9-5-3-6-10-20)29-30(21-11-7-4-8-12-21)24(22)27-28-25(31)26-2/h3-17H,1-2H3,(H2,26,28,31). The third kappa shape index (κ3) is 4.70. The predicted octanol–water partition coefficient (Wildman–Crippen LogP) is 4.71. The Bertz CT molecular complexity index is 1150. The average molecular weight is 426 g/mol. The van der Waals surface area contributed by atoms with Crippen molar-refractivity contribution in [1.82, 2.24) is 10.7 Å². The van der Waals surface area contributed by atoms with Crippen LogP contribution in [0.1, 0.15) is 16.7 Å². The lowest BCUT2D eigenvalue weighted by Gasteiger charge is -2.16. The number of hydrogen-bond acceptors (Lipinski definition) is 3. The van der Waals surface area contributed by atoms with E-state index in [1.54, 1.807) is 7.05 Å². The lowest BCUT2D eigenvalue weighted by molar-refractivity contribution is 0.963. The fourth-order valence-corrected chi connectivity index (χ4v) is 3.25. The summed E-state index contributed by atoms with van der Waals surface area (Å²) in [6.07, 6.45) is 2.11. The van der Waals surface area contributed by atoms with Gasteiger partial charge in [0.25, 0.3) is 0 Å². The van der Waals surface area contributed by atoms with Crippen molar-refractivity contribution in [1.29, 1.82) is 0 Å². The van der Waals surface area contributed by atoms with Crippen LogP contribution in [0.25, 0.3) is 6.08 Å². The maximum absolute atomic E-state index is 5.25. The molecule has 0 saturated carbocycles. The molecule has 0 radical (unpaired) electrons. The molecule has 1 aliphatic rings. The van der Waals surface area contributed by atoms with Gasteiger partial charge in [0.1, 0.15) is 5.71 Å². The second-order valence-corrected chi connectivity index (χ2v) is 7.47. The lowest BCUT2D eigenvalue weighted by atomic mass is 9.99. The van der Waals surface area contributed by atoms with E-state index in [0.29, 0.717) is 10.9 Å².